The van der Waals surface area contributed by atoms with Gasteiger partial charge in [0.15, 0.2) is 5.71 Å². The fourth-order valence-electron chi connectivity index (χ4n) is 7.57. The van der Waals surface area contributed by atoms with Crippen molar-refractivity contribution in [1.82, 2.24) is 0 Å². The van der Waals surface area contributed by atoms with E-state index in [1.165, 1.54) is 40.3 Å². The topological polar surface area (TPSA) is 110 Å². The van der Waals surface area contributed by atoms with E-state index in [9.17, 15) is 14.1 Å². The Labute approximate surface area is 294 Å². The lowest BCUT2D eigenvalue weighted by Gasteiger charge is -2.30. The summed E-state index contributed by atoms with van der Waals surface area (Å²) in [5.74, 6) is -1.50. The van der Waals surface area contributed by atoms with Gasteiger partial charge in [-0.25, -0.2) is 0 Å². The van der Waals surface area contributed by atoms with Gasteiger partial charge >= 0.3 is 11.9 Å². The lowest BCUT2D eigenvalue weighted by atomic mass is 9.75. The number of rotatable bonds is 19. The van der Waals surface area contributed by atoms with Crippen LogP contribution in [0.25, 0.3) is 0 Å². The van der Waals surface area contributed by atoms with Crippen molar-refractivity contribution in [3.8, 4) is 0 Å². The van der Waals surface area contributed by atoms with Crippen molar-refractivity contribution in [3.05, 3.63) is 71.5 Å². The van der Waals surface area contributed by atoms with E-state index in [1.807, 2.05) is 6.07 Å². The Morgan fingerprint density at radius 1 is 0.875 bits per heavy atom. The van der Waals surface area contributed by atoms with Crippen molar-refractivity contribution in [2.75, 3.05) is 25.1 Å². The van der Waals surface area contributed by atoms with Crippen LogP contribution in [0.4, 0.5) is 11.4 Å². The Morgan fingerprint density at radius 3 is 2.08 bits per heavy atom. The Morgan fingerprint density at radius 2 is 1.50 bits per heavy atom. The van der Waals surface area contributed by atoms with E-state index in [1.54, 1.807) is 7.11 Å². The summed E-state index contributed by atoms with van der Waals surface area (Å²) < 4.78 is 17.7. The number of allylic oxidation sites excluding steroid dienone is 4. The van der Waals surface area contributed by atoms with E-state index in [0.29, 0.717) is 12.8 Å². The maximum atomic E-state index is 11.1. The Bertz CT molecular complexity index is 1570. The highest BCUT2D eigenvalue weighted by Gasteiger charge is 2.47. The molecule has 2 aromatic carbocycles. The fourth-order valence-corrected chi connectivity index (χ4v) is 8.35. The third-order valence-corrected chi connectivity index (χ3v) is 11.1. The molecule has 3 N–H and O–H groups in total. The Kier molecular flexibility index (Phi) is 13.4. The van der Waals surface area contributed by atoms with Gasteiger partial charge in [-0.15, -0.1) is 0 Å². The molecule has 2 aromatic rings. The van der Waals surface area contributed by atoms with Gasteiger partial charge in [-0.2, -0.15) is 4.58 Å². The molecule has 2 unspecified atom stereocenters. The molecule has 0 aromatic heterocycles. The summed E-state index contributed by atoms with van der Waals surface area (Å²) in [7, 11) is 1.68. The molecule has 4 rings (SSSR count). The largest absolute Gasteiger partial charge is 0.481 e. The van der Waals surface area contributed by atoms with Crippen molar-refractivity contribution >= 4 is 53.1 Å². The van der Waals surface area contributed by atoms with E-state index in [4.69, 9.17) is 14.4 Å². The summed E-state index contributed by atoms with van der Waals surface area (Å²) in [4.78, 5) is 26.5. The number of fused-ring (bicyclic) bond motifs is 2. The Hall–Kier alpha value is -3.05. The molecule has 0 bridgehead atoms. The van der Waals surface area contributed by atoms with Crippen LogP contribution in [0.2, 0.25) is 0 Å². The van der Waals surface area contributed by atoms with Crippen molar-refractivity contribution in [2.24, 2.45) is 0 Å². The summed E-state index contributed by atoms with van der Waals surface area (Å²) >= 11 is 2.12. The summed E-state index contributed by atoms with van der Waals surface area (Å²) in [6, 6.07) is 12.7. The van der Waals surface area contributed by atoms with Gasteiger partial charge in [0.1, 0.15) is 6.54 Å². The number of benzene rings is 2. The van der Waals surface area contributed by atoms with Crippen LogP contribution in [0.1, 0.15) is 103 Å². The second-order valence-corrected chi connectivity index (χ2v) is 14.7. The number of aliphatic carboxylic acids is 2. The number of nitrogens with zero attached hydrogens (tertiary/aromatic N) is 2. The highest BCUT2D eigenvalue weighted by Crippen LogP contribution is 2.52. The minimum absolute atomic E-state index is 0.185. The van der Waals surface area contributed by atoms with Crippen LogP contribution in [0.5, 0.6) is 0 Å². The minimum Gasteiger partial charge on any atom is -0.481 e. The number of anilines is 1. The second kappa shape index (κ2) is 17.1. The van der Waals surface area contributed by atoms with Gasteiger partial charge in [0.05, 0.1) is 12.5 Å². The van der Waals surface area contributed by atoms with E-state index in [2.05, 4.69) is 85.7 Å². The molecule has 0 saturated carbocycles. The molecule has 48 heavy (non-hydrogen) atoms. The van der Waals surface area contributed by atoms with Gasteiger partial charge in [-0.3, -0.25) is 9.59 Å². The number of unbranched alkanes of at least 4 members (excludes halogenated alkanes) is 4. The lowest BCUT2D eigenvalue weighted by molar-refractivity contribution is -0.433. The van der Waals surface area contributed by atoms with Crippen molar-refractivity contribution in [1.29, 1.82) is 0 Å². The molecule has 2 atom stereocenters. The molecule has 0 radical (unpaired) electrons. The van der Waals surface area contributed by atoms with Crippen LogP contribution in [0.3, 0.4) is 0 Å². The van der Waals surface area contributed by atoms with Gasteiger partial charge in [-0.1, -0.05) is 31.8 Å². The van der Waals surface area contributed by atoms with Gasteiger partial charge in [0, 0.05) is 87.8 Å². The standard InChI is InChI=1S/C38H50N2O6S2/c1-6-39-31-21-19-27(47-45)25-29(31)37(3,23-12-8-10-17-35(41)42)33(39)15-14-16-34-38(4,24-13-9-11-18-36(43)44)30-26-28(48-46-5)20-22-32(30)40(34)7-2/h14-16,19-22,25-26H,6-13,17-18,23-24H2,1-5H3,(H2-,41,42,43,44,45)/p+1. The van der Waals surface area contributed by atoms with Gasteiger partial charge in [0.25, 0.3) is 0 Å². The zero-order chi connectivity index (χ0) is 34.9. The molecule has 0 aliphatic carbocycles. The molecule has 0 amide bonds. The maximum Gasteiger partial charge on any atom is 0.303 e. The van der Waals surface area contributed by atoms with Crippen LogP contribution in [-0.4, -0.2) is 57.2 Å². The fraction of sp³-hybridized carbons (Fsp3) is 0.500. The van der Waals surface area contributed by atoms with Crippen molar-refractivity contribution in [2.45, 2.75) is 113 Å². The monoisotopic (exact) mass is 695 g/mol. The summed E-state index contributed by atoms with van der Waals surface area (Å²) in [6.07, 6.45) is 13.7. The molecule has 2 aliphatic rings. The molecule has 260 valence electrons. The first-order valence-corrected chi connectivity index (χ1v) is 18.6. The van der Waals surface area contributed by atoms with Crippen LogP contribution in [-0.2, 0) is 24.6 Å². The van der Waals surface area contributed by atoms with Gasteiger partial charge < -0.3 is 23.8 Å². The first kappa shape index (κ1) is 37.8. The average Bonchev–Trinajstić information content (AvgIpc) is 3.44. The second-order valence-electron chi connectivity index (χ2n) is 13.1. The normalized spacial score (nSPS) is 21.0. The van der Waals surface area contributed by atoms with Crippen LogP contribution < -0.4 is 4.90 Å². The van der Waals surface area contributed by atoms with Gasteiger partial charge in [0.2, 0.25) is 5.69 Å². The van der Waals surface area contributed by atoms with Crippen LogP contribution in [0.15, 0.2) is 70.1 Å². The predicted octanol–water partition coefficient (Wildman–Crippen LogP) is 9.59. The van der Waals surface area contributed by atoms with E-state index in [0.717, 1.165) is 79.1 Å². The molecule has 0 spiro atoms. The average molecular weight is 696 g/mol. The maximum absolute atomic E-state index is 11.1. The third-order valence-electron chi connectivity index (χ3n) is 9.98. The molecule has 0 saturated heterocycles. The van der Waals surface area contributed by atoms with Gasteiger partial charge in [-0.05, 0) is 95.3 Å². The summed E-state index contributed by atoms with van der Waals surface area (Å²) in [5.41, 5.74) is 6.64. The predicted molar refractivity (Wildman–Crippen MR) is 196 cm³/mol. The van der Waals surface area contributed by atoms with Crippen LogP contribution >= 0.6 is 24.1 Å². The number of likely N-dealkylation sites (N-methyl/N-ethyl adjacent to an activating group) is 1. The molecule has 10 heteroatoms. The SMILES string of the molecule is CCN1/C(=C/C=C/C2=[N+](CC)c3ccc(SO)cc3C2(C)CCCCCC(=O)O)C(C)(CCCCCC(=O)O)c2cc(SOC)ccc21. The minimum atomic E-state index is -0.756. The summed E-state index contributed by atoms with van der Waals surface area (Å²) in [6.45, 7) is 10.5. The number of carboxylic acids is 2. The first-order valence-electron chi connectivity index (χ1n) is 17.1. The highest BCUT2D eigenvalue weighted by molar-refractivity contribution is 7.94. The van der Waals surface area contributed by atoms with Crippen molar-refractivity contribution in [3.63, 3.8) is 0 Å². The quantitative estimate of drug-likeness (QED) is 0.0752. The Balaban J connectivity index is 1.73. The van der Waals surface area contributed by atoms with Crippen molar-refractivity contribution < 1.29 is 33.1 Å². The number of hydrogen-bond acceptors (Lipinski definition) is 7. The third kappa shape index (κ3) is 8.21. The molecule has 8 nitrogen and oxygen atoms in total. The summed E-state index contributed by atoms with van der Waals surface area (Å²) in [5, 5.41) is 18.3. The first-order chi connectivity index (χ1) is 23.0. The smallest absolute Gasteiger partial charge is 0.303 e. The zero-order valence-corrected chi connectivity index (χ0v) is 30.6. The molecule has 0 fully saturated rings. The van der Waals surface area contributed by atoms with E-state index >= 15 is 0 Å². The zero-order valence-electron chi connectivity index (χ0n) is 29.0. The highest BCUT2D eigenvalue weighted by atomic mass is 32.2. The van der Waals surface area contributed by atoms with E-state index < -0.39 is 11.9 Å². The molecular weight excluding hydrogens is 645 g/mol. The molecule has 2 heterocycles. The van der Waals surface area contributed by atoms with E-state index in [-0.39, 0.29) is 23.7 Å². The number of carboxylic acid groups (broad SMARTS) is 2. The molecule has 2 aliphatic heterocycles. The van der Waals surface area contributed by atoms with Crippen LogP contribution in [0, 0.1) is 0 Å². The lowest BCUT2D eigenvalue weighted by Crippen LogP contribution is -2.31. The number of hydrogen-bond donors (Lipinski definition) is 3. The number of carbonyl (C=O) groups is 2. The molecular formula is C38H51N2O6S2+.